The first-order valence-electron chi connectivity index (χ1n) is 6.28. The van der Waals surface area contributed by atoms with Gasteiger partial charge < -0.3 is 4.43 Å². The molecule has 0 spiro atoms. The van der Waals surface area contributed by atoms with E-state index in [1.54, 1.807) is 0 Å². The van der Waals surface area contributed by atoms with Crippen LogP contribution in [0.1, 0.15) is 52.9 Å². The molecule has 0 rings (SSSR count). The monoisotopic (exact) mass is 228 g/mol. The van der Waals surface area contributed by atoms with Crippen LogP contribution in [0.25, 0.3) is 0 Å². The molecular formula is C13H28OSi. The zero-order valence-electron chi connectivity index (χ0n) is 11.4. The van der Waals surface area contributed by atoms with Gasteiger partial charge in [0.2, 0.25) is 8.32 Å². The third-order valence-electron chi connectivity index (χ3n) is 2.47. The van der Waals surface area contributed by atoms with Crippen LogP contribution in [0.2, 0.25) is 19.6 Å². The number of rotatable bonds is 7. The van der Waals surface area contributed by atoms with Gasteiger partial charge in [0.25, 0.3) is 0 Å². The molecule has 0 aliphatic carbocycles. The summed E-state index contributed by atoms with van der Waals surface area (Å²) in [5, 5.41) is 0. The van der Waals surface area contributed by atoms with Gasteiger partial charge >= 0.3 is 0 Å². The van der Waals surface area contributed by atoms with Gasteiger partial charge in [-0.2, -0.15) is 0 Å². The quantitative estimate of drug-likeness (QED) is 0.334. The number of allylic oxidation sites excluding steroid dienone is 2. The third-order valence-corrected chi connectivity index (χ3v) is 3.38. The third kappa shape index (κ3) is 7.66. The van der Waals surface area contributed by atoms with E-state index in [1.165, 1.54) is 37.0 Å². The summed E-state index contributed by atoms with van der Waals surface area (Å²) in [6, 6.07) is 0. The molecular weight excluding hydrogens is 200 g/mol. The Morgan fingerprint density at radius 2 is 1.67 bits per heavy atom. The Hall–Kier alpha value is -0.243. The molecule has 0 saturated carbocycles. The smallest absolute Gasteiger partial charge is 0.241 e. The molecule has 0 aromatic heterocycles. The summed E-state index contributed by atoms with van der Waals surface area (Å²) < 4.78 is 6.04. The lowest BCUT2D eigenvalue weighted by Crippen LogP contribution is -2.24. The highest BCUT2D eigenvalue weighted by atomic mass is 28.4. The van der Waals surface area contributed by atoms with Crippen molar-refractivity contribution < 1.29 is 4.43 Å². The number of hydrogen-bond acceptors (Lipinski definition) is 1. The van der Waals surface area contributed by atoms with Crippen molar-refractivity contribution in [3.63, 3.8) is 0 Å². The van der Waals surface area contributed by atoms with E-state index in [2.05, 4.69) is 40.4 Å². The fourth-order valence-electron chi connectivity index (χ4n) is 1.72. The molecule has 0 saturated heterocycles. The second-order valence-corrected chi connectivity index (χ2v) is 9.61. The van der Waals surface area contributed by atoms with Crippen LogP contribution in [0.3, 0.4) is 0 Å². The number of unbranched alkanes of at least 4 members (excludes halogenated alkanes) is 2. The molecule has 0 fully saturated rings. The molecule has 0 N–H and O–H groups in total. The van der Waals surface area contributed by atoms with E-state index in [-0.39, 0.29) is 0 Å². The van der Waals surface area contributed by atoms with E-state index in [0.29, 0.717) is 0 Å². The zero-order chi connectivity index (χ0) is 11.9. The Kier molecular flexibility index (Phi) is 6.99. The molecule has 0 aromatic rings. The van der Waals surface area contributed by atoms with E-state index in [1.807, 2.05) is 0 Å². The van der Waals surface area contributed by atoms with Crippen molar-refractivity contribution in [1.29, 1.82) is 0 Å². The fraction of sp³-hybridized carbons (Fsp3) is 0.846. The lowest BCUT2D eigenvalue weighted by atomic mass is 10.0. The van der Waals surface area contributed by atoms with Gasteiger partial charge in [0.15, 0.2) is 0 Å². The van der Waals surface area contributed by atoms with Crippen LogP contribution in [-0.2, 0) is 4.43 Å². The zero-order valence-corrected chi connectivity index (χ0v) is 12.4. The van der Waals surface area contributed by atoms with Crippen molar-refractivity contribution in [1.82, 2.24) is 0 Å². The summed E-state index contributed by atoms with van der Waals surface area (Å²) in [5.74, 6) is 1.20. The van der Waals surface area contributed by atoms with Crippen LogP contribution in [0.15, 0.2) is 11.3 Å². The van der Waals surface area contributed by atoms with Gasteiger partial charge in [-0.15, -0.1) is 0 Å². The molecule has 0 amide bonds. The molecule has 1 nitrogen and oxygen atoms in total. The van der Waals surface area contributed by atoms with E-state index in [0.717, 1.165) is 6.42 Å². The summed E-state index contributed by atoms with van der Waals surface area (Å²) in [6.45, 7) is 13.4. The lowest BCUT2D eigenvalue weighted by molar-refractivity contribution is 0.411. The van der Waals surface area contributed by atoms with Gasteiger partial charge in [-0.3, -0.25) is 0 Å². The highest BCUT2D eigenvalue weighted by Gasteiger charge is 2.17. The average molecular weight is 228 g/mol. The second kappa shape index (κ2) is 7.10. The van der Waals surface area contributed by atoms with Crippen LogP contribution in [0.5, 0.6) is 0 Å². The molecule has 0 unspecified atom stereocenters. The maximum atomic E-state index is 6.04. The lowest BCUT2D eigenvalue weighted by Gasteiger charge is -2.22. The van der Waals surface area contributed by atoms with Crippen molar-refractivity contribution in [3.05, 3.63) is 11.3 Å². The van der Waals surface area contributed by atoms with Gasteiger partial charge in [0, 0.05) is 0 Å². The Bertz CT molecular complexity index is 201. The number of hydrogen-bond donors (Lipinski definition) is 0. The molecule has 0 radical (unpaired) electrons. The molecule has 0 aliphatic rings. The SMILES string of the molecule is CCCCCC(CC)=C(C)O[Si](C)(C)C. The molecule has 0 bridgehead atoms. The Labute approximate surface area is 97.0 Å². The highest BCUT2D eigenvalue weighted by Crippen LogP contribution is 2.20. The van der Waals surface area contributed by atoms with Gasteiger partial charge in [0.1, 0.15) is 0 Å². The minimum Gasteiger partial charge on any atom is -0.548 e. The Morgan fingerprint density at radius 3 is 2.07 bits per heavy atom. The van der Waals surface area contributed by atoms with Crippen molar-refractivity contribution in [3.8, 4) is 0 Å². The Balaban J connectivity index is 4.26. The van der Waals surface area contributed by atoms with E-state index in [9.17, 15) is 0 Å². The average Bonchev–Trinajstić information content (AvgIpc) is 2.09. The predicted octanol–water partition coefficient (Wildman–Crippen LogP) is 5.10. The molecule has 2 heteroatoms. The molecule has 0 heterocycles. The Morgan fingerprint density at radius 1 is 1.07 bits per heavy atom. The first kappa shape index (κ1) is 14.8. The van der Waals surface area contributed by atoms with Gasteiger partial charge in [0.05, 0.1) is 5.76 Å². The van der Waals surface area contributed by atoms with Gasteiger partial charge in [-0.25, -0.2) is 0 Å². The minimum atomic E-state index is -1.40. The van der Waals surface area contributed by atoms with Crippen LogP contribution < -0.4 is 0 Å². The topological polar surface area (TPSA) is 9.23 Å². The molecule has 0 atom stereocenters. The maximum Gasteiger partial charge on any atom is 0.241 e. The molecule has 15 heavy (non-hydrogen) atoms. The van der Waals surface area contributed by atoms with Crippen molar-refractivity contribution in [2.45, 2.75) is 72.5 Å². The van der Waals surface area contributed by atoms with Crippen molar-refractivity contribution >= 4 is 8.32 Å². The van der Waals surface area contributed by atoms with Gasteiger partial charge in [-0.05, 0) is 51.4 Å². The standard InChI is InChI=1S/C13H28OSi/c1-7-9-10-11-13(8-2)12(3)14-15(4,5)6/h7-11H2,1-6H3. The summed E-state index contributed by atoms with van der Waals surface area (Å²) in [5.41, 5.74) is 1.52. The maximum absolute atomic E-state index is 6.04. The van der Waals surface area contributed by atoms with Crippen LogP contribution in [-0.4, -0.2) is 8.32 Å². The first-order chi connectivity index (χ1) is 6.90. The minimum absolute atomic E-state index is 1.14. The normalized spacial score (nSPS) is 13.7. The van der Waals surface area contributed by atoms with Crippen molar-refractivity contribution in [2.75, 3.05) is 0 Å². The van der Waals surface area contributed by atoms with Crippen molar-refractivity contribution in [2.24, 2.45) is 0 Å². The summed E-state index contributed by atoms with van der Waals surface area (Å²) in [4.78, 5) is 0. The van der Waals surface area contributed by atoms with Crippen LogP contribution in [0.4, 0.5) is 0 Å². The van der Waals surface area contributed by atoms with Gasteiger partial charge in [-0.1, -0.05) is 26.7 Å². The highest BCUT2D eigenvalue weighted by molar-refractivity contribution is 6.70. The van der Waals surface area contributed by atoms with E-state index < -0.39 is 8.32 Å². The molecule has 90 valence electrons. The molecule has 0 aromatic carbocycles. The van der Waals surface area contributed by atoms with Crippen LogP contribution in [0, 0.1) is 0 Å². The van der Waals surface area contributed by atoms with Crippen LogP contribution >= 0.6 is 0 Å². The summed E-state index contributed by atoms with van der Waals surface area (Å²) in [6.07, 6.45) is 6.31. The fourth-order valence-corrected chi connectivity index (χ4v) is 2.78. The predicted molar refractivity (Wildman–Crippen MR) is 71.6 cm³/mol. The summed E-state index contributed by atoms with van der Waals surface area (Å²) >= 11 is 0. The van der Waals surface area contributed by atoms with E-state index in [4.69, 9.17) is 4.43 Å². The van der Waals surface area contributed by atoms with E-state index >= 15 is 0 Å². The first-order valence-corrected chi connectivity index (χ1v) is 9.69. The second-order valence-electron chi connectivity index (χ2n) is 5.18. The largest absolute Gasteiger partial charge is 0.548 e. The summed E-state index contributed by atoms with van der Waals surface area (Å²) in [7, 11) is -1.40. The molecule has 0 aliphatic heterocycles.